The fraction of sp³-hybridized carbons (Fsp3) is 0.200. The monoisotopic (exact) mass is 462 g/mol. The molecule has 0 saturated carbocycles. The number of aromatic nitrogens is 1. The van der Waals surface area contributed by atoms with Gasteiger partial charge in [-0.2, -0.15) is 5.10 Å². The number of rotatable bonds is 4. The fourth-order valence-electron chi connectivity index (χ4n) is 3.29. The molecule has 0 bridgehead atoms. The molecular weight excluding hydrogens is 447 g/mol. The summed E-state index contributed by atoms with van der Waals surface area (Å²) >= 11 is 13.3. The molecule has 3 aromatic rings. The molecule has 154 valence electrons. The Morgan fingerprint density at radius 3 is 2.80 bits per heavy atom. The minimum Gasteiger partial charge on any atom is -0.455 e. The first-order valence-corrected chi connectivity index (χ1v) is 10.7. The maximum Gasteiger partial charge on any atom is 0.293 e. The molecule has 1 aromatic carbocycles. The molecule has 0 spiro atoms. The van der Waals surface area contributed by atoms with Gasteiger partial charge in [-0.05, 0) is 38.0 Å². The van der Waals surface area contributed by atoms with Crippen LogP contribution in [0.4, 0.5) is 5.13 Å². The third-order valence-electron chi connectivity index (χ3n) is 4.65. The van der Waals surface area contributed by atoms with Crippen LogP contribution in [-0.4, -0.2) is 22.5 Å². The summed E-state index contributed by atoms with van der Waals surface area (Å²) in [5.41, 5.74) is 4.91. The number of carbonyl (C=O) groups is 2. The number of hydrazone groups is 1. The number of amides is 2. The first kappa shape index (κ1) is 20.6. The largest absolute Gasteiger partial charge is 0.455 e. The van der Waals surface area contributed by atoms with Crippen LogP contribution in [0.1, 0.15) is 50.6 Å². The van der Waals surface area contributed by atoms with Crippen molar-refractivity contribution in [3.05, 3.63) is 68.0 Å². The van der Waals surface area contributed by atoms with Gasteiger partial charge >= 0.3 is 0 Å². The Morgan fingerprint density at radius 1 is 1.23 bits per heavy atom. The van der Waals surface area contributed by atoms with Crippen LogP contribution in [-0.2, 0) is 6.42 Å². The molecule has 0 aliphatic heterocycles. The molecule has 0 unspecified atom stereocenters. The standard InChI is InChI=1S/C20H16Cl2N4O3S/c1-10-16-14(25-26-18(27)12-6-5-11(21)9-13(12)22)3-2-4-15(16)29-17(10)19(28)24-20-23-7-8-30-20/h5-9H,2-4H2,1H3,(H,26,27)(H,23,24,28)/b25-14+. The molecule has 0 radical (unpaired) electrons. The maximum absolute atomic E-state index is 12.6. The van der Waals surface area contributed by atoms with Crippen molar-refractivity contribution >= 4 is 57.2 Å². The number of fused-ring (bicyclic) bond motifs is 1. The maximum atomic E-state index is 12.6. The lowest BCUT2D eigenvalue weighted by Crippen LogP contribution is -2.22. The van der Waals surface area contributed by atoms with Crippen molar-refractivity contribution in [2.45, 2.75) is 26.2 Å². The first-order valence-electron chi connectivity index (χ1n) is 9.09. The third kappa shape index (κ3) is 4.12. The lowest BCUT2D eigenvalue weighted by molar-refractivity contribution is 0.0953. The minimum absolute atomic E-state index is 0.219. The van der Waals surface area contributed by atoms with E-state index in [1.807, 2.05) is 0 Å². The van der Waals surface area contributed by atoms with E-state index in [1.54, 1.807) is 24.6 Å². The molecule has 0 saturated heterocycles. The highest BCUT2D eigenvalue weighted by molar-refractivity contribution is 7.13. The van der Waals surface area contributed by atoms with E-state index in [0.717, 1.165) is 12.0 Å². The second kappa shape index (κ2) is 8.59. The summed E-state index contributed by atoms with van der Waals surface area (Å²) in [7, 11) is 0. The quantitative estimate of drug-likeness (QED) is 0.528. The summed E-state index contributed by atoms with van der Waals surface area (Å²) in [5, 5.41) is 9.97. The van der Waals surface area contributed by atoms with E-state index in [4.69, 9.17) is 27.6 Å². The Hall–Kier alpha value is -2.68. The number of aryl methyl sites for hydroxylation is 1. The highest BCUT2D eigenvalue weighted by Crippen LogP contribution is 2.30. The van der Waals surface area contributed by atoms with Gasteiger partial charge in [-0.1, -0.05) is 23.2 Å². The summed E-state index contributed by atoms with van der Waals surface area (Å²) < 4.78 is 5.84. The highest BCUT2D eigenvalue weighted by atomic mass is 35.5. The van der Waals surface area contributed by atoms with Gasteiger partial charge in [0.05, 0.1) is 16.3 Å². The topological polar surface area (TPSA) is 96.6 Å². The minimum atomic E-state index is -0.445. The number of benzene rings is 1. The van der Waals surface area contributed by atoms with Crippen molar-refractivity contribution < 1.29 is 14.0 Å². The van der Waals surface area contributed by atoms with E-state index >= 15 is 0 Å². The lowest BCUT2D eigenvalue weighted by atomic mass is 9.93. The predicted octanol–water partition coefficient (Wildman–Crippen LogP) is 5.07. The molecule has 30 heavy (non-hydrogen) atoms. The summed E-state index contributed by atoms with van der Waals surface area (Å²) in [6.07, 6.45) is 3.75. The zero-order chi connectivity index (χ0) is 21.3. The van der Waals surface area contributed by atoms with Crippen molar-refractivity contribution in [3.8, 4) is 0 Å². The molecule has 0 atom stereocenters. The average molecular weight is 463 g/mol. The molecule has 2 heterocycles. The Morgan fingerprint density at radius 2 is 2.07 bits per heavy atom. The molecule has 4 rings (SSSR count). The van der Waals surface area contributed by atoms with Crippen LogP contribution in [0.5, 0.6) is 0 Å². The van der Waals surface area contributed by atoms with Crippen LogP contribution in [0.15, 0.2) is 39.3 Å². The van der Waals surface area contributed by atoms with Crippen molar-refractivity contribution in [3.63, 3.8) is 0 Å². The number of hydrogen-bond acceptors (Lipinski definition) is 6. The number of thiazole rings is 1. The third-order valence-corrected chi connectivity index (χ3v) is 5.89. The van der Waals surface area contributed by atoms with Crippen LogP contribution in [0.2, 0.25) is 10.0 Å². The Bertz CT molecular complexity index is 1160. The summed E-state index contributed by atoms with van der Waals surface area (Å²) in [6, 6.07) is 4.62. The molecule has 2 amide bonds. The Labute approximate surface area is 186 Å². The number of furan rings is 1. The Balaban J connectivity index is 1.58. The van der Waals surface area contributed by atoms with Crippen LogP contribution in [0.25, 0.3) is 0 Å². The zero-order valence-electron chi connectivity index (χ0n) is 15.8. The predicted molar refractivity (Wildman–Crippen MR) is 117 cm³/mol. The number of hydrogen-bond donors (Lipinski definition) is 2. The van der Waals surface area contributed by atoms with E-state index in [-0.39, 0.29) is 22.3 Å². The highest BCUT2D eigenvalue weighted by Gasteiger charge is 2.28. The van der Waals surface area contributed by atoms with E-state index < -0.39 is 5.91 Å². The van der Waals surface area contributed by atoms with Gasteiger partial charge in [0.2, 0.25) is 0 Å². The average Bonchev–Trinajstić information content (AvgIpc) is 3.34. The van der Waals surface area contributed by atoms with Gasteiger partial charge in [0.25, 0.3) is 11.8 Å². The van der Waals surface area contributed by atoms with E-state index in [0.29, 0.717) is 40.0 Å². The van der Waals surface area contributed by atoms with Crippen molar-refractivity contribution in [2.24, 2.45) is 5.10 Å². The van der Waals surface area contributed by atoms with Gasteiger partial charge in [0.15, 0.2) is 10.9 Å². The molecule has 7 nitrogen and oxygen atoms in total. The van der Waals surface area contributed by atoms with Gasteiger partial charge in [-0.3, -0.25) is 14.9 Å². The van der Waals surface area contributed by atoms with Crippen LogP contribution in [0, 0.1) is 6.92 Å². The number of halogens is 2. The van der Waals surface area contributed by atoms with E-state index in [1.165, 1.54) is 23.5 Å². The van der Waals surface area contributed by atoms with Crippen molar-refractivity contribution in [2.75, 3.05) is 5.32 Å². The number of nitrogens with zero attached hydrogens (tertiary/aromatic N) is 2. The second-order valence-electron chi connectivity index (χ2n) is 6.62. The van der Waals surface area contributed by atoms with Gasteiger partial charge in [0, 0.05) is 34.1 Å². The SMILES string of the molecule is Cc1c(C(=O)Nc2nccs2)oc2c1/C(=N/NC(=O)c1ccc(Cl)cc1Cl)CCC2. The smallest absolute Gasteiger partial charge is 0.293 e. The lowest BCUT2D eigenvalue weighted by Gasteiger charge is -2.13. The number of nitrogens with one attached hydrogen (secondary N) is 2. The van der Waals surface area contributed by atoms with Crippen LogP contribution < -0.4 is 10.7 Å². The van der Waals surface area contributed by atoms with Crippen molar-refractivity contribution in [1.29, 1.82) is 0 Å². The first-order chi connectivity index (χ1) is 14.4. The van der Waals surface area contributed by atoms with Gasteiger partial charge in [-0.15, -0.1) is 11.3 Å². The second-order valence-corrected chi connectivity index (χ2v) is 8.36. The van der Waals surface area contributed by atoms with Gasteiger partial charge < -0.3 is 4.42 Å². The molecule has 1 aliphatic carbocycles. The molecule has 2 aromatic heterocycles. The zero-order valence-corrected chi connectivity index (χ0v) is 18.1. The van der Waals surface area contributed by atoms with Crippen LogP contribution in [0.3, 0.4) is 0 Å². The normalized spacial score (nSPS) is 14.4. The molecule has 10 heteroatoms. The molecular formula is C20H16Cl2N4O3S. The number of anilines is 1. The number of carbonyl (C=O) groups excluding carboxylic acids is 2. The summed E-state index contributed by atoms with van der Waals surface area (Å²) in [6.45, 7) is 1.80. The molecule has 1 aliphatic rings. The van der Waals surface area contributed by atoms with Crippen LogP contribution >= 0.6 is 34.5 Å². The fourth-order valence-corrected chi connectivity index (χ4v) is 4.31. The summed E-state index contributed by atoms with van der Waals surface area (Å²) in [4.78, 5) is 29.1. The van der Waals surface area contributed by atoms with Crippen molar-refractivity contribution in [1.82, 2.24) is 10.4 Å². The molecule has 0 fully saturated rings. The van der Waals surface area contributed by atoms with Gasteiger partial charge in [0.1, 0.15) is 5.76 Å². The van der Waals surface area contributed by atoms with E-state index in [9.17, 15) is 9.59 Å². The van der Waals surface area contributed by atoms with Gasteiger partial charge in [-0.25, -0.2) is 10.4 Å². The van der Waals surface area contributed by atoms with E-state index in [2.05, 4.69) is 20.8 Å². The Kier molecular flexibility index (Phi) is 5.90. The molecule has 2 N–H and O–H groups in total. The summed E-state index contributed by atoms with van der Waals surface area (Å²) in [5.74, 6) is 0.0878.